The van der Waals surface area contributed by atoms with Gasteiger partial charge in [0, 0.05) is 46.3 Å². The van der Waals surface area contributed by atoms with Gasteiger partial charge in [-0.2, -0.15) is 0 Å². The summed E-state index contributed by atoms with van der Waals surface area (Å²) < 4.78 is 0. The predicted molar refractivity (Wildman–Crippen MR) is 192 cm³/mol. The van der Waals surface area contributed by atoms with Crippen molar-refractivity contribution in [3.05, 3.63) is 45.7 Å². The number of Topliss-reactive ketones (excluding diaryl/α,β-unsaturated/α-hetero) is 1. The summed E-state index contributed by atoms with van der Waals surface area (Å²) >= 11 is 1.58. The number of aryl methyl sites for hydroxylation is 1. The van der Waals surface area contributed by atoms with Crippen LogP contribution in [0.4, 0.5) is 0 Å². The highest BCUT2D eigenvalue weighted by molar-refractivity contribution is 7.14. The fraction of sp³-hybridized carbons (Fsp3) is 0.786. The van der Waals surface area contributed by atoms with Gasteiger partial charge in [-0.05, 0) is 143 Å². The molecule has 7 fully saturated rings. The quantitative estimate of drug-likeness (QED) is 0.170. The molecule has 2 spiro atoms. The highest BCUT2D eigenvalue weighted by Crippen LogP contribution is 2.78. The van der Waals surface area contributed by atoms with Gasteiger partial charge in [0.2, 0.25) is 0 Å². The largest absolute Gasteiger partial charge is 0.394 e. The maximum Gasteiger partial charge on any atom is 0.199 e. The van der Waals surface area contributed by atoms with Crippen LogP contribution >= 0.6 is 11.3 Å². The lowest BCUT2D eigenvalue weighted by Gasteiger charge is -2.71. The molecule has 0 saturated heterocycles. The minimum absolute atomic E-state index is 0.0477. The summed E-state index contributed by atoms with van der Waals surface area (Å²) in [6.07, 6.45) is 19.8. The van der Waals surface area contributed by atoms with E-state index >= 15 is 0 Å². The molecule has 1 aromatic rings. The van der Waals surface area contributed by atoms with Crippen molar-refractivity contribution in [2.24, 2.45) is 56.7 Å². The van der Waals surface area contributed by atoms with E-state index in [-0.39, 0.29) is 46.6 Å². The Morgan fingerprint density at radius 3 is 2.22 bits per heavy atom. The Hall–Kier alpha value is -1.35. The summed E-state index contributed by atoms with van der Waals surface area (Å²) in [5, 5.41) is 45.0. The molecular formula is C42H59NO5S. The highest BCUT2D eigenvalue weighted by Gasteiger charge is 2.74. The van der Waals surface area contributed by atoms with Crippen LogP contribution in [-0.4, -0.2) is 75.2 Å². The normalized spacial score (nSPS) is 49.5. The molecule has 6 bridgehead atoms. The minimum Gasteiger partial charge on any atom is -0.394 e. The van der Waals surface area contributed by atoms with Crippen molar-refractivity contribution in [2.75, 3.05) is 26.2 Å². The number of fused-ring (bicyclic) bond motifs is 1. The number of thiophene rings is 1. The van der Waals surface area contributed by atoms with Crippen LogP contribution in [0, 0.1) is 63.6 Å². The predicted octanol–water partition coefficient (Wildman–Crippen LogP) is 6.70. The lowest BCUT2D eigenvalue weighted by molar-refractivity contribution is -0.179. The van der Waals surface area contributed by atoms with E-state index in [9.17, 15) is 25.2 Å². The molecule has 4 N–H and O–H groups in total. The van der Waals surface area contributed by atoms with Crippen LogP contribution in [0.2, 0.25) is 0 Å². The lowest BCUT2D eigenvalue weighted by Crippen LogP contribution is -2.67. The van der Waals surface area contributed by atoms with Gasteiger partial charge in [-0.3, -0.25) is 9.69 Å². The molecule has 11 rings (SSSR count). The van der Waals surface area contributed by atoms with E-state index in [1.165, 1.54) is 38.5 Å². The smallest absolute Gasteiger partial charge is 0.199 e. The Bertz CT molecular complexity index is 1550. The van der Waals surface area contributed by atoms with Crippen LogP contribution in [0.3, 0.4) is 0 Å². The van der Waals surface area contributed by atoms with E-state index < -0.39 is 22.5 Å². The summed E-state index contributed by atoms with van der Waals surface area (Å²) in [7, 11) is 0. The van der Waals surface area contributed by atoms with Crippen LogP contribution in [0.25, 0.3) is 0 Å². The molecule has 9 atom stereocenters. The van der Waals surface area contributed by atoms with E-state index in [4.69, 9.17) is 0 Å². The summed E-state index contributed by atoms with van der Waals surface area (Å²) in [5.74, 6) is 3.02. The maximum atomic E-state index is 14.8. The first kappa shape index (κ1) is 33.5. The molecule has 0 radical (unpaired) electrons. The van der Waals surface area contributed by atoms with E-state index in [1.807, 2.05) is 6.07 Å². The highest BCUT2D eigenvalue weighted by atomic mass is 32.1. The molecule has 10 aliphatic carbocycles. The summed E-state index contributed by atoms with van der Waals surface area (Å²) in [6.45, 7) is 8.37. The first-order valence-electron chi connectivity index (χ1n) is 19.7. The monoisotopic (exact) mass is 689 g/mol. The fourth-order valence-electron chi connectivity index (χ4n) is 15.2. The van der Waals surface area contributed by atoms with E-state index in [2.05, 4.69) is 50.0 Å². The average molecular weight is 690 g/mol. The van der Waals surface area contributed by atoms with Gasteiger partial charge in [-0.1, -0.05) is 32.1 Å². The molecule has 1 aromatic heterocycles. The molecule has 10 aliphatic rings. The van der Waals surface area contributed by atoms with E-state index in [0.29, 0.717) is 25.9 Å². The van der Waals surface area contributed by atoms with Gasteiger partial charge in [-0.25, -0.2) is 0 Å². The van der Waals surface area contributed by atoms with Gasteiger partial charge in [0.05, 0.1) is 29.3 Å². The number of nitrogens with zero attached hydrogens (tertiary/aromatic N) is 1. The average Bonchev–Trinajstić information content (AvgIpc) is 3.59. The van der Waals surface area contributed by atoms with Crippen molar-refractivity contribution in [1.82, 2.24) is 4.90 Å². The second kappa shape index (κ2) is 11.1. The van der Waals surface area contributed by atoms with Crippen molar-refractivity contribution in [3.63, 3.8) is 0 Å². The molecule has 49 heavy (non-hydrogen) atoms. The van der Waals surface area contributed by atoms with Gasteiger partial charge in [0.1, 0.15) is 0 Å². The number of rotatable bonds is 9. The number of hydrogen-bond acceptors (Lipinski definition) is 7. The zero-order valence-electron chi connectivity index (χ0n) is 30.0. The summed E-state index contributed by atoms with van der Waals surface area (Å²) in [6, 6.07) is 4.05. The van der Waals surface area contributed by atoms with Crippen LogP contribution in [0.15, 0.2) is 35.9 Å². The SMILES string of the molecule is Cc1ccc(C(=O)C2=CC34C=CC25C(CCC2(C)C5CCC2(O)CN(CC(O)CO)CC25CC6CC(CC(C6)C2)C5)C3(C)CCC(O)C4)s1. The topological polar surface area (TPSA) is 101 Å². The van der Waals surface area contributed by atoms with Gasteiger partial charge in [0.15, 0.2) is 5.78 Å². The molecule has 0 amide bonds. The Labute approximate surface area is 297 Å². The van der Waals surface area contributed by atoms with Crippen LogP contribution in [-0.2, 0) is 0 Å². The molecule has 6 nitrogen and oxygen atoms in total. The Balaban J connectivity index is 1.09. The number of ketones is 1. The first-order valence-corrected chi connectivity index (χ1v) is 20.5. The third kappa shape index (κ3) is 4.64. The minimum atomic E-state index is -0.966. The van der Waals surface area contributed by atoms with Crippen molar-refractivity contribution in [1.29, 1.82) is 0 Å². The van der Waals surface area contributed by atoms with Gasteiger partial charge in [0.25, 0.3) is 0 Å². The van der Waals surface area contributed by atoms with Crippen LogP contribution in [0.5, 0.6) is 0 Å². The number of hydrogen-bond donors (Lipinski definition) is 4. The molecule has 0 aliphatic heterocycles. The van der Waals surface area contributed by atoms with Crippen molar-refractivity contribution < 1.29 is 25.2 Å². The Morgan fingerprint density at radius 2 is 1.57 bits per heavy atom. The summed E-state index contributed by atoms with van der Waals surface area (Å²) in [4.78, 5) is 19.1. The fourth-order valence-corrected chi connectivity index (χ4v) is 16.0. The molecule has 0 aromatic carbocycles. The molecule has 268 valence electrons. The van der Waals surface area contributed by atoms with Gasteiger partial charge >= 0.3 is 0 Å². The van der Waals surface area contributed by atoms with E-state index in [0.717, 1.165) is 71.7 Å². The number of allylic oxidation sites excluding steroid dienone is 4. The molecule has 7 heteroatoms. The molecule has 7 saturated carbocycles. The number of carbonyl (C=O) groups is 1. The van der Waals surface area contributed by atoms with Crippen LogP contribution < -0.4 is 0 Å². The molecule has 9 unspecified atom stereocenters. The van der Waals surface area contributed by atoms with Gasteiger partial charge < -0.3 is 20.4 Å². The zero-order valence-corrected chi connectivity index (χ0v) is 30.8. The first-order chi connectivity index (χ1) is 23.3. The summed E-state index contributed by atoms with van der Waals surface area (Å²) in [5.41, 5.74) is -1.03. The third-order valence-electron chi connectivity index (χ3n) is 16.8. The second-order valence-electron chi connectivity index (χ2n) is 19.5. The molecular weight excluding hydrogens is 631 g/mol. The maximum absolute atomic E-state index is 14.8. The van der Waals surface area contributed by atoms with E-state index in [1.54, 1.807) is 11.3 Å². The number of carbonyl (C=O) groups excluding carboxylic acids is 1. The standard InChI is InChI=1S/C42H59NO5S/c1-26-4-5-33(49-26)36(47)32-21-40-12-13-42(32)34(37(40,2)9-6-30(45)20-40)7-10-38(3)35(42)8-11-41(38,48)25-43(22-31(46)23-44)24-39-17-27-14-28(18-39)16-29(15-27)19-39/h4-5,12-13,21,27-31,34-35,44-46,48H,6-11,14-20,22-25H2,1-3H3. The third-order valence-corrected chi connectivity index (χ3v) is 17.8. The number of aliphatic hydroxyl groups is 4. The van der Waals surface area contributed by atoms with Crippen LogP contribution in [0.1, 0.15) is 112 Å². The Kier molecular flexibility index (Phi) is 7.57. The number of aliphatic hydroxyl groups excluding tert-OH is 3. The lowest BCUT2D eigenvalue weighted by atomic mass is 9.32. The zero-order chi connectivity index (χ0) is 34.2. The van der Waals surface area contributed by atoms with Gasteiger partial charge in [-0.15, -0.1) is 11.3 Å². The Morgan fingerprint density at radius 1 is 0.918 bits per heavy atom. The van der Waals surface area contributed by atoms with Crippen molar-refractivity contribution >= 4 is 17.1 Å². The molecule has 1 heterocycles. The van der Waals surface area contributed by atoms with Crippen molar-refractivity contribution in [3.8, 4) is 0 Å². The second-order valence-corrected chi connectivity index (χ2v) is 20.8. The van der Waals surface area contributed by atoms with Crippen molar-refractivity contribution in [2.45, 2.75) is 122 Å².